The number of nitrogens with zero attached hydrogens (tertiary/aromatic N) is 5. The van der Waals surface area contributed by atoms with Crippen molar-refractivity contribution >= 4 is 17.9 Å². The fraction of sp³-hybridized carbons (Fsp3) is 0.625. The molecule has 1 fully saturated rings. The summed E-state index contributed by atoms with van der Waals surface area (Å²) in [5.74, 6) is 0.435. The molecule has 0 saturated carbocycles. The first-order chi connectivity index (χ1) is 11.6. The van der Waals surface area contributed by atoms with Gasteiger partial charge in [0.15, 0.2) is 0 Å². The second kappa shape index (κ2) is 8.47. The van der Waals surface area contributed by atoms with Crippen LogP contribution in [0.15, 0.2) is 12.3 Å². The predicted octanol–water partition coefficient (Wildman–Crippen LogP) is 1.24. The number of amides is 2. The summed E-state index contributed by atoms with van der Waals surface area (Å²) in [5.41, 5.74) is 0.386. The molecule has 8 nitrogen and oxygen atoms in total. The van der Waals surface area contributed by atoms with Crippen LogP contribution in [0.4, 0.5) is 10.7 Å². The van der Waals surface area contributed by atoms with Gasteiger partial charge >= 0.3 is 6.09 Å². The van der Waals surface area contributed by atoms with Gasteiger partial charge in [0.05, 0.1) is 6.61 Å². The first-order valence-corrected chi connectivity index (χ1v) is 8.39. The lowest BCUT2D eigenvalue weighted by Gasteiger charge is -2.33. The molecule has 1 aliphatic rings. The molecule has 1 aliphatic heterocycles. The lowest BCUT2D eigenvalue weighted by atomic mass is 10.3. The molecular weight excluding hydrogens is 310 g/mol. The van der Waals surface area contributed by atoms with E-state index in [1.807, 2.05) is 18.7 Å². The molecule has 2 amide bonds. The van der Waals surface area contributed by atoms with Crippen LogP contribution < -0.4 is 4.90 Å². The summed E-state index contributed by atoms with van der Waals surface area (Å²) in [6.07, 6.45) is 1.29. The molecule has 0 aliphatic carbocycles. The topological polar surface area (TPSA) is 78.9 Å². The molecule has 0 aromatic carbocycles. The quantitative estimate of drug-likeness (QED) is 0.805. The number of piperazine rings is 1. The van der Waals surface area contributed by atoms with Crippen molar-refractivity contribution in [2.24, 2.45) is 0 Å². The van der Waals surface area contributed by atoms with E-state index in [1.54, 1.807) is 29.0 Å². The number of hydrogen-bond acceptors (Lipinski definition) is 6. The van der Waals surface area contributed by atoms with E-state index < -0.39 is 0 Å². The summed E-state index contributed by atoms with van der Waals surface area (Å²) in [5, 5.41) is 0. The molecule has 1 saturated heterocycles. The van der Waals surface area contributed by atoms with Crippen LogP contribution in [0.5, 0.6) is 0 Å². The molecular formula is C16H25N5O3. The van der Waals surface area contributed by atoms with Crippen molar-refractivity contribution in [2.75, 3.05) is 50.8 Å². The van der Waals surface area contributed by atoms with Crippen molar-refractivity contribution in [1.82, 2.24) is 19.8 Å². The Bertz CT molecular complexity index is 569. The zero-order chi connectivity index (χ0) is 17.5. The van der Waals surface area contributed by atoms with E-state index in [4.69, 9.17) is 4.74 Å². The maximum Gasteiger partial charge on any atom is 0.409 e. The highest BCUT2D eigenvalue weighted by Crippen LogP contribution is 2.11. The zero-order valence-corrected chi connectivity index (χ0v) is 14.6. The average molecular weight is 335 g/mol. The summed E-state index contributed by atoms with van der Waals surface area (Å²) in [7, 11) is 0. The Kier molecular flexibility index (Phi) is 6.34. The number of anilines is 1. The summed E-state index contributed by atoms with van der Waals surface area (Å²) in [6.45, 7) is 9.64. The van der Waals surface area contributed by atoms with Gasteiger partial charge in [0.25, 0.3) is 5.91 Å². The van der Waals surface area contributed by atoms with Gasteiger partial charge in [-0.3, -0.25) is 4.79 Å². The van der Waals surface area contributed by atoms with E-state index in [9.17, 15) is 9.59 Å². The van der Waals surface area contributed by atoms with Crippen LogP contribution in [-0.4, -0.2) is 77.6 Å². The van der Waals surface area contributed by atoms with Gasteiger partial charge in [0.1, 0.15) is 5.69 Å². The number of aromatic nitrogens is 2. The summed E-state index contributed by atoms with van der Waals surface area (Å²) >= 11 is 0. The number of hydrogen-bond donors (Lipinski definition) is 0. The number of ether oxygens (including phenoxy) is 1. The average Bonchev–Trinajstić information content (AvgIpc) is 2.63. The van der Waals surface area contributed by atoms with Gasteiger partial charge in [-0.2, -0.15) is 0 Å². The van der Waals surface area contributed by atoms with E-state index in [2.05, 4.69) is 9.97 Å². The lowest BCUT2D eigenvalue weighted by Crippen LogP contribution is -2.50. The summed E-state index contributed by atoms with van der Waals surface area (Å²) < 4.78 is 4.99. The van der Waals surface area contributed by atoms with E-state index in [1.165, 1.54) is 0 Å². The van der Waals surface area contributed by atoms with Crippen LogP contribution in [0.2, 0.25) is 0 Å². The Hall–Kier alpha value is -2.38. The van der Waals surface area contributed by atoms with Gasteiger partial charge in [0, 0.05) is 45.5 Å². The van der Waals surface area contributed by atoms with Crippen LogP contribution in [0.25, 0.3) is 0 Å². The third-order valence-electron chi connectivity index (χ3n) is 4.00. The molecule has 8 heteroatoms. The second-order valence-electron chi connectivity index (χ2n) is 5.39. The number of carbonyl (C=O) groups is 2. The number of rotatable bonds is 5. The lowest BCUT2D eigenvalue weighted by molar-refractivity contribution is 0.0566. The fourth-order valence-electron chi connectivity index (χ4n) is 2.60. The Balaban J connectivity index is 2.00. The molecule has 2 rings (SSSR count). The van der Waals surface area contributed by atoms with Gasteiger partial charge in [-0.25, -0.2) is 14.8 Å². The van der Waals surface area contributed by atoms with Gasteiger partial charge < -0.3 is 19.4 Å². The minimum atomic E-state index is -0.324. The van der Waals surface area contributed by atoms with Gasteiger partial charge in [0.2, 0.25) is 5.95 Å². The Labute approximate surface area is 142 Å². The van der Waals surface area contributed by atoms with Gasteiger partial charge in [-0.1, -0.05) is 0 Å². The minimum absolute atomic E-state index is 0.130. The van der Waals surface area contributed by atoms with E-state index in [0.717, 1.165) is 13.1 Å². The molecule has 132 valence electrons. The second-order valence-corrected chi connectivity index (χ2v) is 5.39. The van der Waals surface area contributed by atoms with Crippen molar-refractivity contribution in [2.45, 2.75) is 20.8 Å². The molecule has 0 bridgehead atoms. The van der Waals surface area contributed by atoms with Crippen LogP contribution in [0, 0.1) is 0 Å². The van der Waals surface area contributed by atoms with Crippen LogP contribution >= 0.6 is 0 Å². The smallest absolute Gasteiger partial charge is 0.409 e. The highest BCUT2D eigenvalue weighted by Gasteiger charge is 2.26. The molecule has 2 heterocycles. The van der Waals surface area contributed by atoms with Gasteiger partial charge in [-0.05, 0) is 26.8 Å². The predicted molar refractivity (Wildman–Crippen MR) is 90.1 cm³/mol. The Morgan fingerprint density at radius 1 is 1.12 bits per heavy atom. The summed E-state index contributed by atoms with van der Waals surface area (Å²) in [6, 6.07) is 1.63. The van der Waals surface area contributed by atoms with Crippen molar-refractivity contribution < 1.29 is 14.3 Å². The number of carbonyl (C=O) groups excluding carboxylic acids is 2. The SMILES string of the molecule is CCOC(=O)N1CCN(C(=O)c2ccnc(N(CC)CC)n2)CC1. The summed E-state index contributed by atoms with van der Waals surface area (Å²) in [4.78, 5) is 38.3. The van der Waals surface area contributed by atoms with Crippen LogP contribution in [0.3, 0.4) is 0 Å². The Morgan fingerprint density at radius 3 is 2.33 bits per heavy atom. The molecule has 0 unspecified atom stereocenters. The van der Waals surface area contributed by atoms with E-state index >= 15 is 0 Å². The van der Waals surface area contributed by atoms with Crippen LogP contribution in [-0.2, 0) is 4.74 Å². The van der Waals surface area contributed by atoms with Crippen molar-refractivity contribution in [1.29, 1.82) is 0 Å². The minimum Gasteiger partial charge on any atom is -0.450 e. The van der Waals surface area contributed by atoms with Crippen LogP contribution in [0.1, 0.15) is 31.3 Å². The first-order valence-electron chi connectivity index (χ1n) is 8.39. The zero-order valence-electron chi connectivity index (χ0n) is 14.6. The maximum atomic E-state index is 12.6. The highest BCUT2D eigenvalue weighted by molar-refractivity contribution is 5.92. The van der Waals surface area contributed by atoms with Crippen molar-refractivity contribution in [3.05, 3.63) is 18.0 Å². The molecule has 0 atom stereocenters. The van der Waals surface area contributed by atoms with E-state index in [0.29, 0.717) is 44.4 Å². The molecule has 1 aromatic heterocycles. The third kappa shape index (κ3) is 4.12. The third-order valence-corrected chi connectivity index (χ3v) is 4.00. The Morgan fingerprint density at radius 2 is 1.75 bits per heavy atom. The molecule has 24 heavy (non-hydrogen) atoms. The van der Waals surface area contributed by atoms with E-state index in [-0.39, 0.29) is 12.0 Å². The maximum absolute atomic E-state index is 12.6. The molecule has 0 spiro atoms. The van der Waals surface area contributed by atoms with Crippen molar-refractivity contribution in [3.8, 4) is 0 Å². The highest BCUT2D eigenvalue weighted by atomic mass is 16.6. The van der Waals surface area contributed by atoms with Crippen molar-refractivity contribution in [3.63, 3.8) is 0 Å². The largest absolute Gasteiger partial charge is 0.450 e. The monoisotopic (exact) mass is 335 g/mol. The normalized spacial score (nSPS) is 14.5. The molecule has 0 N–H and O–H groups in total. The standard InChI is InChI=1S/C16H25N5O3/c1-4-19(5-2)15-17-8-7-13(18-15)14(22)20-9-11-21(12-10-20)16(23)24-6-3/h7-8H,4-6,9-12H2,1-3H3. The molecule has 1 aromatic rings. The van der Waals surface area contributed by atoms with Gasteiger partial charge in [-0.15, -0.1) is 0 Å². The first kappa shape index (κ1) is 18.0. The molecule has 0 radical (unpaired) electrons. The fourth-order valence-corrected chi connectivity index (χ4v) is 2.60.